The molecule has 0 aliphatic heterocycles. The fraction of sp³-hybridized carbons (Fsp3) is 0.273. The van der Waals surface area contributed by atoms with Crippen molar-refractivity contribution in [3.05, 3.63) is 76.0 Å². The lowest BCUT2D eigenvalue weighted by Crippen LogP contribution is -2.30. The van der Waals surface area contributed by atoms with Crippen molar-refractivity contribution in [1.82, 2.24) is 19.2 Å². The summed E-state index contributed by atoms with van der Waals surface area (Å²) >= 11 is 0. The summed E-state index contributed by atoms with van der Waals surface area (Å²) < 4.78 is 2.81. The third kappa shape index (κ3) is 3.22. The number of rotatable bonds is 5. The molecule has 0 fully saturated rings. The smallest absolute Gasteiger partial charge is 0.292 e. The zero-order valence-electron chi connectivity index (χ0n) is 16.2. The number of para-hydroxylation sites is 1. The van der Waals surface area contributed by atoms with Crippen molar-refractivity contribution in [2.75, 3.05) is 0 Å². The average molecular weight is 374 g/mol. The first-order valence-corrected chi connectivity index (χ1v) is 9.41. The molecule has 2 aromatic heterocycles. The van der Waals surface area contributed by atoms with E-state index >= 15 is 0 Å². The monoisotopic (exact) mass is 374 g/mol. The lowest BCUT2D eigenvalue weighted by molar-refractivity contribution is 0.0971. The second-order valence-corrected chi connectivity index (χ2v) is 7.54. The van der Waals surface area contributed by atoms with Gasteiger partial charge in [-0.15, -0.1) is 5.10 Å². The second-order valence-electron chi connectivity index (χ2n) is 7.54. The van der Waals surface area contributed by atoms with Gasteiger partial charge in [-0.3, -0.25) is 9.36 Å². The summed E-state index contributed by atoms with van der Waals surface area (Å²) in [6.07, 6.45) is 0.692. The lowest BCUT2D eigenvalue weighted by Gasteiger charge is -2.10. The molecule has 4 aromatic rings. The molecule has 0 spiro atoms. The molecule has 0 saturated carbocycles. The van der Waals surface area contributed by atoms with Crippen LogP contribution in [-0.2, 0) is 13.0 Å². The Morgan fingerprint density at radius 1 is 1.07 bits per heavy atom. The summed E-state index contributed by atoms with van der Waals surface area (Å²) in [4.78, 5) is 30.5. The first-order valence-electron chi connectivity index (χ1n) is 9.41. The first kappa shape index (κ1) is 18.1. The molecule has 0 aliphatic rings. The molecule has 0 bridgehead atoms. The molecule has 2 heterocycles. The molecule has 0 saturated heterocycles. The van der Waals surface area contributed by atoms with Crippen LogP contribution in [0.3, 0.4) is 0 Å². The number of benzene rings is 2. The van der Waals surface area contributed by atoms with Crippen molar-refractivity contribution in [3.8, 4) is 0 Å². The quantitative estimate of drug-likeness (QED) is 0.502. The van der Waals surface area contributed by atoms with E-state index in [2.05, 4.69) is 23.9 Å². The number of ketones is 1. The van der Waals surface area contributed by atoms with E-state index in [1.807, 2.05) is 43.3 Å². The highest BCUT2D eigenvalue weighted by molar-refractivity contribution is 5.97. The van der Waals surface area contributed by atoms with Crippen molar-refractivity contribution < 1.29 is 4.79 Å². The Labute approximate surface area is 162 Å². The van der Waals surface area contributed by atoms with Gasteiger partial charge in [0.25, 0.3) is 0 Å². The topological polar surface area (TPSA) is 69.3 Å². The normalized spacial score (nSPS) is 11.6. The number of hydrogen-bond acceptors (Lipinski definition) is 4. The molecular weight excluding hydrogens is 352 g/mol. The highest BCUT2D eigenvalue weighted by atomic mass is 16.2. The Bertz CT molecular complexity index is 1230. The molecule has 0 atom stereocenters. The van der Waals surface area contributed by atoms with Crippen molar-refractivity contribution in [2.24, 2.45) is 5.92 Å². The third-order valence-electron chi connectivity index (χ3n) is 4.76. The summed E-state index contributed by atoms with van der Waals surface area (Å²) in [7, 11) is 0. The Morgan fingerprint density at radius 3 is 2.50 bits per heavy atom. The van der Waals surface area contributed by atoms with Gasteiger partial charge in [0.05, 0.1) is 12.1 Å². The molecule has 0 unspecified atom stereocenters. The molecule has 2 aromatic carbocycles. The Hall–Kier alpha value is -3.28. The number of carbonyl (C=O) groups is 1. The van der Waals surface area contributed by atoms with E-state index < -0.39 is 0 Å². The molecular formula is C22H22N4O2. The SMILES string of the molecule is Cc1ccc(C(=O)Cn2c(=O)n3nc(CC(C)C)nc3c3ccccc32)cc1. The minimum atomic E-state index is -0.350. The fourth-order valence-electron chi connectivity index (χ4n) is 3.36. The molecule has 0 amide bonds. The predicted molar refractivity (Wildman–Crippen MR) is 109 cm³/mol. The minimum Gasteiger partial charge on any atom is -0.292 e. The highest BCUT2D eigenvalue weighted by Crippen LogP contribution is 2.18. The maximum absolute atomic E-state index is 13.1. The molecule has 6 heteroatoms. The van der Waals surface area contributed by atoms with E-state index in [-0.39, 0.29) is 18.0 Å². The van der Waals surface area contributed by atoms with Crippen molar-refractivity contribution in [2.45, 2.75) is 33.7 Å². The van der Waals surface area contributed by atoms with Crippen LogP contribution < -0.4 is 5.69 Å². The molecule has 4 rings (SSSR count). The summed E-state index contributed by atoms with van der Waals surface area (Å²) in [5.41, 5.74) is 2.54. The molecule has 142 valence electrons. The highest BCUT2D eigenvalue weighted by Gasteiger charge is 2.17. The second kappa shape index (κ2) is 7.03. The van der Waals surface area contributed by atoms with Crippen molar-refractivity contribution in [3.63, 3.8) is 0 Å². The van der Waals surface area contributed by atoms with Gasteiger partial charge in [0, 0.05) is 17.4 Å². The summed E-state index contributed by atoms with van der Waals surface area (Å²) in [5, 5.41) is 5.22. The van der Waals surface area contributed by atoms with E-state index in [1.54, 1.807) is 12.1 Å². The largest absolute Gasteiger partial charge is 0.351 e. The molecule has 0 aliphatic carbocycles. The van der Waals surface area contributed by atoms with Crippen LogP contribution >= 0.6 is 0 Å². The Morgan fingerprint density at radius 2 is 1.79 bits per heavy atom. The van der Waals surface area contributed by atoms with E-state index in [9.17, 15) is 9.59 Å². The number of nitrogens with zero attached hydrogens (tertiary/aromatic N) is 4. The maximum Gasteiger partial charge on any atom is 0.351 e. The van der Waals surface area contributed by atoms with Crippen molar-refractivity contribution in [1.29, 1.82) is 0 Å². The number of carbonyl (C=O) groups excluding carboxylic acids is 1. The summed E-state index contributed by atoms with van der Waals surface area (Å²) in [6.45, 7) is 6.10. The van der Waals surface area contributed by atoms with Gasteiger partial charge in [0.15, 0.2) is 17.3 Å². The van der Waals surface area contributed by atoms with Crippen LogP contribution in [0.25, 0.3) is 16.6 Å². The summed E-state index contributed by atoms with van der Waals surface area (Å²) in [6, 6.07) is 14.9. The number of Topliss-reactive ketones (excluding diaryl/α,β-unsaturated/α-hetero) is 1. The average Bonchev–Trinajstić information content (AvgIpc) is 3.09. The van der Waals surface area contributed by atoms with Gasteiger partial charge in [-0.25, -0.2) is 9.78 Å². The van der Waals surface area contributed by atoms with Crippen LogP contribution in [0.15, 0.2) is 53.3 Å². The van der Waals surface area contributed by atoms with Crippen LogP contribution in [0.4, 0.5) is 0 Å². The van der Waals surface area contributed by atoms with E-state index in [0.29, 0.717) is 34.9 Å². The van der Waals surface area contributed by atoms with Crippen molar-refractivity contribution >= 4 is 22.3 Å². The molecule has 0 radical (unpaired) electrons. The first-order chi connectivity index (χ1) is 13.4. The van der Waals surface area contributed by atoms with E-state index in [0.717, 1.165) is 10.9 Å². The van der Waals surface area contributed by atoms with Gasteiger partial charge in [0.1, 0.15) is 0 Å². The van der Waals surface area contributed by atoms with Crippen LogP contribution in [0.1, 0.15) is 35.6 Å². The Balaban J connectivity index is 1.87. The number of hydrogen-bond donors (Lipinski definition) is 0. The maximum atomic E-state index is 13.1. The van der Waals surface area contributed by atoms with E-state index in [4.69, 9.17) is 0 Å². The fourth-order valence-corrected chi connectivity index (χ4v) is 3.36. The van der Waals surface area contributed by atoms with E-state index in [1.165, 1.54) is 9.08 Å². The molecule has 0 N–H and O–H groups in total. The van der Waals surface area contributed by atoms with Gasteiger partial charge < -0.3 is 0 Å². The minimum absolute atomic E-state index is 0.0439. The van der Waals surface area contributed by atoms with Gasteiger partial charge in [-0.05, 0) is 25.0 Å². The zero-order chi connectivity index (χ0) is 19.8. The molecule has 28 heavy (non-hydrogen) atoms. The lowest BCUT2D eigenvalue weighted by atomic mass is 10.1. The molecule has 6 nitrogen and oxygen atoms in total. The van der Waals surface area contributed by atoms with Gasteiger partial charge in [0.2, 0.25) is 0 Å². The van der Waals surface area contributed by atoms with Crippen LogP contribution in [0, 0.1) is 12.8 Å². The van der Waals surface area contributed by atoms with Gasteiger partial charge in [-0.2, -0.15) is 4.52 Å². The predicted octanol–water partition coefficient (Wildman–Crippen LogP) is 3.43. The van der Waals surface area contributed by atoms with Gasteiger partial charge in [-0.1, -0.05) is 55.8 Å². The Kier molecular flexibility index (Phi) is 4.55. The zero-order valence-corrected chi connectivity index (χ0v) is 16.2. The summed E-state index contributed by atoms with van der Waals surface area (Å²) in [5.74, 6) is 0.906. The third-order valence-corrected chi connectivity index (χ3v) is 4.76. The van der Waals surface area contributed by atoms with Gasteiger partial charge >= 0.3 is 5.69 Å². The number of aryl methyl sites for hydroxylation is 1. The van der Waals surface area contributed by atoms with Crippen LogP contribution in [0.5, 0.6) is 0 Å². The number of fused-ring (bicyclic) bond motifs is 3. The standard InChI is InChI=1S/C22H22N4O2/c1-14(2)12-20-23-21-17-6-4-5-7-18(17)25(22(28)26(21)24-20)13-19(27)16-10-8-15(3)9-11-16/h4-11,14H,12-13H2,1-3H3. The van der Waals surface area contributed by atoms with Crippen LogP contribution in [-0.4, -0.2) is 24.9 Å². The number of aromatic nitrogens is 4. The van der Waals surface area contributed by atoms with Crippen LogP contribution in [0.2, 0.25) is 0 Å².